The van der Waals surface area contributed by atoms with Gasteiger partial charge in [-0.15, -0.1) is 0 Å². The fraction of sp³-hybridized carbons (Fsp3) is 0.333. The fourth-order valence-electron chi connectivity index (χ4n) is 3.25. The number of nitrogens with zero attached hydrogens (tertiary/aromatic N) is 2. The van der Waals surface area contributed by atoms with Gasteiger partial charge in [0.15, 0.2) is 0 Å². The van der Waals surface area contributed by atoms with Crippen molar-refractivity contribution in [3.05, 3.63) is 59.4 Å². The average molecular weight is 293 g/mol. The van der Waals surface area contributed by atoms with E-state index in [0.717, 1.165) is 49.8 Å². The Morgan fingerprint density at radius 1 is 1.18 bits per heavy atom. The van der Waals surface area contributed by atoms with Crippen LogP contribution in [0.3, 0.4) is 0 Å². The van der Waals surface area contributed by atoms with Crippen LogP contribution in [0.25, 0.3) is 0 Å². The number of benzene rings is 1. The predicted octanol–water partition coefficient (Wildman–Crippen LogP) is 2.54. The summed E-state index contributed by atoms with van der Waals surface area (Å²) in [6.07, 6.45) is 3.70. The zero-order chi connectivity index (χ0) is 14.8. The highest BCUT2D eigenvalue weighted by Gasteiger charge is 2.26. The number of aromatic nitrogens is 1. The first kappa shape index (κ1) is 13.3. The molecule has 0 fully saturated rings. The quantitative estimate of drug-likeness (QED) is 0.942. The maximum atomic E-state index is 5.91. The lowest BCUT2D eigenvalue weighted by Gasteiger charge is -2.19. The van der Waals surface area contributed by atoms with Crippen molar-refractivity contribution in [3.63, 3.8) is 0 Å². The van der Waals surface area contributed by atoms with Gasteiger partial charge < -0.3 is 10.1 Å². The van der Waals surface area contributed by atoms with E-state index in [1.807, 2.05) is 18.3 Å². The molecule has 0 saturated heterocycles. The monoisotopic (exact) mass is 293 g/mol. The third kappa shape index (κ3) is 2.45. The van der Waals surface area contributed by atoms with Crippen LogP contribution in [0, 0.1) is 0 Å². The summed E-state index contributed by atoms with van der Waals surface area (Å²) in [5, 5.41) is 3.38. The molecule has 1 aromatic carbocycles. The molecule has 4 rings (SSSR count). The zero-order valence-corrected chi connectivity index (χ0v) is 12.5. The molecule has 0 radical (unpaired) electrons. The van der Waals surface area contributed by atoms with Crippen molar-refractivity contribution in [2.24, 2.45) is 4.99 Å². The van der Waals surface area contributed by atoms with Crippen molar-refractivity contribution in [3.8, 4) is 5.75 Å². The van der Waals surface area contributed by atoms with Crippen LogP contribution in [0.15, 0.2) is 47.6 Å². The summed E-state index contributed by atoms with van der Waals surface area (Å²) in [5.74, 6) is 2.31. The Kier molecular flexibility index (Phi) is 3.51. The third-order valence-electron chi connectivity index (χ3n) is 4.31. The van der Waals surface area contributed by atoms with E-state index in [0.29, 0.717) is 0 Å². The van der Waals surface area contributed by atoms with Crippen molar-refractivity contribution in [2.75, 3.05) is 19.7 Å². The molecule has 2 aliphatic rings. The lowest BCUT2D eigenvalue weighted by molar-refractivity contribution is 0.352. The summed E-state index contributed by atoms with van der Waals surface area (Å²) in [7, 11) is 0. The van der Waals surface area contributed by atoms with Crippen LogP contribution in [0.2, 0.25) is 0 Å². The molecule has 22 heavy (non-hydrogen) atoms. The van der Waals surface area contributed by atoms with Crippen molar-refractivity contribution < 1.29 is 4.74 Å². The second kappa shape index (κ2) is 5.79. The lowest BCUT2D eigenvalue weighted by Crippen LogP contribution is -2.22. The van der Waals surface area contributed by atoms with Crippen LogP contribution in [0.4, 0.5) is 0 Å². The normalized spacial score (nSPS) is 17.4. The minimum atomic E-state index is 0.179. The maximum absolute atomic E-state index is 5.91. The molecule has 1 aromatic heterocycles. The number of pyridine rings is 1. The number of hydrogen-bond acceptors (Lipinski definition) is 4. The predicted molar refractivity (Wildman–Crippen MR) is 86.6 cm³/mol. The first-order valence-electron chi connectivity index (χ1n) is 7.84. The summed E-state index contributed by atoms with van der Waals surface area (Å²) in [6, 6.07) is 12.5. The van der Waals surface area contributed by atoms with Gasteiger partial charge >= 0.3 is 0 Å². The molecule has 3 heterocycles. The molecule has 0 spiro atoms. The molecule has 0 saturated carbocycles. The fourth-order valence-corrected chi connectivity index (χ4v) is 3.25. The highest BCUT2D eigenvalue weighted by atomic mass is 16.5. The summed E-state index contributed by atoms with van der Waals surface area (Å²) in [6.45, 7) is 2.59. The molecule has 0 bridgehead atoms. The van der Waals surface area contributed by atoms with E-state index >= 15 is 0 Å². The van der Waals surface area contributed by atoms with Gasteiger partial charge in [0.2, 0.25) is 0 Å². The van der Waals surface area contributed by atoms with Gasteiger partial charge in [-0.05, 0) is 17.7 Å². The second-order valence-electron chi connectivity index (χ2n) is 5.70. The largest absolute Gasteiger partial charge is 0.493 e. The number of hydrogen-bond donors (Lipinski definition) is 1. The van der Waals surface area contributed by atoms with E-state index in [1.165, 1.54) is 11.1 Å². The van der Waals surface area contributed by atoms with Crippen LogP contribution >= 0.6 is 0 Å². The van der Waals surface area contributed by atoms with E-state index in [4.69, 9.17) is 4.74 Å². The molecule has 4 nitrogen and oxygen atoms in total. The number of fused-ring (bicyclic) bond motifs is 1. The van der Waals surface area contributed by atoms with Crippen LogP contribution in [-0.2, 0) is 6.42 Å². The standard InChI is InChI=1S/C18H19N3O/c1-2-8-19-16(6-1)15(12-17-20-9-10-21-17)14-5-3-4-13-7-11-22-18(13)14/h1-6,8,15H,7,9-12H2,(H,20,21). The summed E-state index contributed by atoms with van der Waals surface area (Å²) >= 11 is 0. The molecule has 0 amide bonds. The van der Waals surface area contributed by atoms with Gasteiger partial charge in [-0.1, -0.05) is 24.3 Å². The number of nitrogens with one attached hydrogen (secondary N) is 1. The van der Waals surface area contributed by atoms with Crippen LogP contribution in [0.5, 0.6) is 5.75 Å². The van der Waals surface area contributed by atoms with E-state index < -0.39 is 0 Å². The second-order valence-corrected chi connectivity index (χ2v) is 5.70. The topological polar surface area (TPSA) is 46.5 Å². The number of amidine groups is 1. The van der Waals surface area contributed by atoms with Crippen LogP contribution in [-0.4, -0.2) is 30.5 Å². The first-order valence-corrected chi connectivity index (χ1v) is 7.84. The molecular weight excluding hydrogens is 274 g/mol. The van der Waals surface area contributed by atoms with Gasteiger partial charge in [0, 0.05) is 42.8 Å². The molecule has 1 unspecified atom stereocenters. The summed E-state index contributed by atoms with van der Waals surface area (Å²) in [4.78, 5) is 9.14. The van der Waals surface area contributed by atoms with Gasteiger partial charge in [-0.25, -0.2) is 0 Å². The van der Waals surface area contributed by atoms with Gasteiger partial charge in [0.25, 0.3) is 0 Å². The number of rotatable bonds is 4. The van der Waals surface area contributed by atoms with Gasteiger partial charge in [-0.3, -0.25) is 9.98 Å². The first-order chi connectivity index (χ1) is 10.9. The van der Waals surface area contributed by atoms with Gasteiger partial charge in [0.05, 0.1) is 19.0 Å². The van der Waals surface area contributed by atoms with Crippen molar-refractivity contribution in [2.45, 2.75) is 18.8 Å². The molecular formula is C18H19N3O. The highest BCUT2D eigenvalue weighted by Crippen LogP contribution is 2.38. The van der Waals surface area contributed by atoms with Gasteiger partial charge in [0.1, 0.15) is 5.75 Å². The Morgan fingerprint density at radius 3 is 3.00 bits per heavy atom. The Bertz CT molecular complexity index is 697. The Hall–Kier alpha value is -2.36. The minimum Gasteiger partial charge on any atom is -0.493 e. The molecule has 0 aliphatic carbocycles. The molecule has 4 heteroatoms. The van der Waals surface area contributed by atoms with E-state index in [1.54, 1.807) is 0 Å². The number of para-hydroxylation sites is 1. The molecule has 1 atom stereocenters. The average Bonchev–Trinajstić information content (AvgIpc) is 3.24. The molecule has 1 N–H and O–H groups in total. The van der Waals surface area contributed by atoms with E-state index in [-0.39, 0.29) is 5.92 Å². The zero-order valence-electron chi connectivity index (χ0n) is 12.5. The Labute approximate surface area is 130 Å². The van der Waals surface area contributed by atoms with E-state index in [9.17, 15) is 0 Å². The third-order valence-corrected chi connectivity index (χ3v) is 4.31. The van der Waals surface area contributed by atoms with Crippen LogP contribution < -0.4 is 10.1 Å². The molecule has 112 valence electrons. The van der Waals surface area contributed by atoms with Gasteiger partial charge in [-0.2, -0.15) is 0 Å². The van der Waals surface area contributed by atoms with Crippen LogP contribution in [0.1, 0.15) is 29.2 Å². The van der Waals surface area contributed by atoms with E-state index in [2.05, 4.69) is 39.6 Å². The maximum Gasteiger partial charge on any atom is 0.126 e. The Morgan fingerprint density at radius 2 is 2.18 bits per heavy atom. The van der Waals surface area contributed by atoms with Crippen molar-refractivity contribution in [1.82, 2.24) is 10.3 Å². The van der Waals surface area contributed by atoms with Crippen molar-refractivity contribution in [1.29, 1.82) is 0 Å². The lowest BCUT2D eigenvalue weighted by atomic mass is 9.89. The number of ether oxygens (including phenoxy) is 1. The Balaban J connectivity index is 1.75. The summed E-state index contributed by atoms with van der Waals surface area (Å²) in [5.41, 5.74) is 3.60. The minimum absolute atomic E-state index is 0.179. The van der Waals surface area contributed by atoms with Crippen molar-refractivity contribution >= 4 is 5.84 Å². The highest BCUT2D eigenvalue weighted by molar-refractivity contribution is 5.84. The molecule has 2 aliphatic heterocycles. The smallest absolute Gasteiger partial charge is 0.126 e. The summed E-state index contributed by atoms with van der Waals surface area (Å²) < 4.78 is 5.91. The molecule has 2 aromatic rings. The SMILES string of the molecule is c1ccc(C(CC2=NCCN2)c2cccc3c2OCC3)nc1. The number of aliphatic imine (C=N–C) groups is 1.